The van der Waals surface area contributed by atoms with Crippen LogP contribution in [0.15, 0.2) is 66.1 Å². The van der Waals surface area contributed by atoms with Gasteiger partial charge in [0.05, 0.1) is 12.0 Å². The molecule has 5 nitrogen and oxygen atoms in total. The minimum atomic E-state index is -3.57. The summed E-state index contributed by atoms with van der Waals surface area (Å²) in [6, 6.07) is 13.7. The number of sulfonamides is 1. The molecular weight excluding hydrogens is 326 g/mol. The zero-order chi connectivity index (χ0) is 17.6. The van der Waals surface area contributed by atoms with Crippen LogP contribution in [-0.2, 0) is 16.6 Å². The van der Waals surface area contributed by atoms with Crippen LogP contribution >= 0.6 is 0 Å². The van der Waals surface area contributed by atoms with Crippen molar-refractivity contribution in [3.63, 3.8) is 0 Å². The van der Waals surface area contributed by atoms with Crippen molar-refractivity contribution in [2.24, 2.45) is 0 Å². The van der Waals surface area contributed by atoms with E-state index in [2.05, 4.69) is 6.58 Å². The van der Waals surface area contributed by atoms with Crippen LogP contribution in [0.4, 0.5) is 0 Å². The third-order valence-electron chi connectivity index (χ3n) is 3.44. The molecule has 2 aromatic rings. The van der Waals surface area contributed by atoms with E-state index in [-0.39, 0.29) is 11.4 Å². The molecule has 128 valence electrons. The molecule has 0 saturated carbocycles. The summed E-state index contributed by atoms with van der Waals surface area (Å²) in [5, 5.41) is 0. The predicted octanol–water partition coefficient (Wildman–Crippen LogP) is 3.08. The summed E-state index contributed by atoms with van der Waals surface area (Å²) >= 11 is 0. The Morgan fingerprint density at radius 2 is 1.83 bits per heavy atom. The van der Waals surface area contributed by atoms with Gasteiger partial charge in [0.15, 0.2) is 0 Å². The fourth-order valence-corrected chi connectivity index (χ4v) is 3.32. The number of ether oxygens (including phenoxy) is 2. The molecule has 0 aliphatic carbocycles. The molecule has 0 atom stereocenters. The highest BCUT2D eigenvalue weighted by Gasteiger charge is 2.21. The highest BCUT2D eigenvalue weighted by Crippen LogP contribution is 2.21. The average molecular weight is 347 g/mol. The zero-order valence-electron chi connectivity index (χ0n) is 13.8. The first-order valence-electron chi connectivity index (χ1n) is 7.40. The molecule has 0 saturated heterocycles. The van der Waals surface area contributed by atoms with Crippen molar-refractivity contribution < 1.29 is 17.9 Å². The summed E-state index contributed by atoms with van der Waals surface area (Å²) in [5.41, 5.74) is 0.844. The Morgan fingerprint density at radius 3 is 2.46 bits per heavy atom. The van der Waals surface area contributed by atoms with E-state index in [1.54, 1.807) is 25.3 Å². The minimum absolute atomic E-state index is 0.227. The minimum Gasteiger partial charge on any atom is -0.497 e. The Labute approximate surface area is 143 Å². The molecule has 2 rings (SSSR count). The Bertz CT molecular complexity index is 785. The lowest BCUT2D eigenvalue weighted by molar-refractivity contribution is 0.362. The van der Waals surface area contributed by atoms with Gasteiger partial charge in [-0.25, -0.2) is 8.42 Å². The lowest BCUT2D eigenvalue weighted by Gasteiger charge is -2.18. The first-order valence-corrected chi connectivity index (χ1v) is 8.84. The monoisotopic (exact) mass is 347 g/mol. The van der Waals surface area contributed by atoms with Crippen molar-refractivity contribution >= 4 is 10.0 Å². The average Bonchev–Trinajstić information content (AvgIpc) is 2.60. The molecule has 0 bridgehead atoms. The van der Waals surface area contributed by atoms with Gasteiger partial charge in [-0.3, -0.25) is 0 Å². The van der Waals surface area contributed by atoms with Crippen LogP contribution in [0, 0.1) is 0 Å². The van der Waals surface area contributed by atoms with Gasteiger partial charge in [0.1, 0.15) is 18.1 Å². The molecule has 0 fully saturated rings. The molecule has 0 aliphatic rings. The van der Waals surface area contributed by atoms with E-state index in [0.717, 1.165) is 5.56 Å². The van der Waals surface area contributed by atoms with Crippen LogP contribution in [-0.4, -0.2) is 33.5 Å². The predicted molar refractivity (Wildman–Crippen MR) is 93.8 cm³/mol. The smallest absolute Gasteiger partial charge is 0.243 e. The molecule has 0 heterocycles. The van der Waals surface area contributed by atoms with E-state index in [1.165, 1.54) is 23.5 Å². The standard InChI is InChI=1S/C18H21NO4S/c1-4-12-23-17-7-5-6-15(13-17)14-19(2)24(20,21)18-10-8-16(22-3)9-11-18/h4-11,13H,1,12,14H2,2-3H3. The molecule has 0 aliphatic heterocycles. The first kappa shape index (κ1) is 18.0. The molecule has 6 heteroatoms. The van der Waals surface area contributed by atoms with Crippen molar-refractivity contribution in [3.05, 3.63) is 66.7 Å². The molecule has 0 spiro atoms. The van der Waals surface area contributed by atoms with Crippen molar-refractivity contribution in [1.82, 2.24) is 4.31 Å². The summed E-state index contributed by atoms with van der Waals surface area (Å²) in [7, 11) is -0.480. The molecule has 0 amide bonds. The normalized spacial score (nSPS) is 11.3. The van der Waals surface area contributed by atoms with E-state index in [4.69, 9.17) is 9.47 Å². The highest BCUT2D eigenvalue weighted by atomic mass is 32.2. The van der Waals surface area contributed by atoms with E-state index in [0.29, 0.717) is 18.1 Å². The number of nitrogens with zero attached hydrogens (tertiary/aromatic N) is 1. The van der Waals surface area contributed by atoms with Gasteiger partial charge in [0.2, 0.25) is 10.0 Å². The van der Waals surface area contributed by atoms with Crippen LogP contribution in [0.1, 0.15) is 5.56 Å². The molecule has 0 unspecified atom stereocenters. The Morgan fingerprint density at radius 1 is 1.12 bits per heavy atom. The third kappa shape index (κ3) is 4.37. The van der Waals surface area contributed by atoms with Crippen LogP contribution in [0.25, 0.3) is 0 Å². The molecule has 24 heavy (non-hydrogen) atoms. The van der Waals surface area contributed by atoms with Crippen LogP contribution in [0.3, 0.4) is 0 Å². The second-order valence-corrected chi connectivity index (χ2v) is 7.23. The van der Waals surface area contributed by atoms with E-state index in [9.17, 15) is 8.42 Å². The number of methoxy groups -OCH3 is 1. The van der Waals surface area contributed by atoms with Crippen LogP contribution < -0.4 is 9.47 Å². The van der Waals surface area contributed by atoms with Crippen LogP contribution in [0.2, 0.25) is 0 Å². The molecule has 2 aromatic carbocycles. The fraction of sp³-hybridized carbons (Fsp3) is 0.222. The van der Waals surface area contributed by atoms with Gasteiger partial charge in [0, 0.05) is 13.6 Å². The number of hydrogen-bond donors (Lipinski definition) is 0. The first-order chi connectivity index (χ1) is 11.5. The topological polar surface area (TPSA) is 55.8 Å². The van der Waals surface area contributed by atoms with Gasteiger partial charge in [-0.05, 0) is 42.0 Å². The van der Waals surface area contributed by atoms with Gasteiger partial charge in [-0.1, -0.05) is 24.8 Å². The summed E-state index contributed by atoms with van der Waals surface area (Å²) in [6.45, 7) is 4.26. The summed E-state index contributed by atoms with van der Waals surface area (Å²) in [6.07, 6.45) is 1.66. The largest absolute Gasteiger partial charge is 0.497 e. The van der Waals surface area contributed by atoms with Crippen molar-refractivity contribution in [1.29, 1.82) is 0 Å². The quantitative estimate of drug-likeness (QED) is 0.689. The summed E-state index contributed by atoms with van der Waals surface area (Å²) in [4.78, 5) is 0.227. The van der Waals surface area contributed by atoms with Crippen LogP contribution in [0.5, 0.6) is 11.5 Å². The maximum absolute atomic E-state index is 12.6. The maximum Gasteiger partial charge on any atom is 0.243 e. The maximum atomic E-state index is 12.6. The van der Waals surface area contributed by atoms with Crippen molar-refractivity contribution in [3.8, 4) is 11.5 Å². The van der Waals surface area contributed by atoms with E-state index >= 15 is 0 Å². The van der Waals surface area contributed by atoms with Gasteiger partial charge in [-0.15, -0.1) is 0 Å². The fourth-order valence-electron chi connectivity index (χ4n) is 2.16. The van der Waals surface area contributed by atoms with E-state index < -0.39 is 10.0 Å². The highest BCUT2D eigenvalue weighted by molar-refractivity contribution is 7.89. The lowest BCUT2D eigenvalue weighted by atomic mass is 10.2. The van der Waals surface area contributed by atoms with Gasteiger partial charge < -0.3 is 9.47 Å². The Hall–Kier alpha value is -2.31. The number of hydrogen-bond acceptors (Lipinski definition) is 4. The SMILES string of the molecule is C=CCOc1cccc(CN(C)S(=O)(=O)c2ccc(OC)cc2)c1. The lowest BCUT2D eigenvalue weighted by Crippen LogP contribution is -2.26. The van der Waals surface area contributed by atoms with Crippen molar-refractivity contribution in [2.75, 3.05) is 20.8 Å². The second kappa shape index (κ2) is 7.99. The van der Waals surface area contributed by atoms with E-state index in [1.807, 2.05) is 24.3 Å². The second-order valence-electron chi connectivity index (χ2n) is 5.18. The van der Waals surface area contributed by atoms with Crippen molar-refractivity contribution in [2.45, 2.75) is 11.4 Å². The Balaban J connectivity index is 2.15. The van der Waals surface area contributed by atoms with Gasteiger partial charge >= 0.3 is 0 Å². The summed E-state index contributed by atoms with van der Waals surface area (Å²) < 4.78 is 37.1. The zero-order valence-corrected chi connectivity index (χ0v) is 14.6. The van der Waals surface area contributed by atoms with Gasteiger partial charge in [-0.2, -0.15) is 4.31 Å². The number of rotatable bonds is 8. The molecule has 0 N–H and O–H groups in total. The molecule has 0 radical (unpaired) electrons. The van der Waals surface area contributed by atoms with Gasteiger partial charge in [0.25, 0.3) is 0 Å². The Kier molecular flexibility index (Phi) is 6.00. The number of benzene rings is 2. The molecular formula is C18H21NO4S. The molecule has 0 aromatic heterocycles. The third-order valence-corrected chi connectivity index (χ3v) is 5.26. The summed E-state index contributed by atoms with van der Waals surface area (Å²) in [5.74, 6) is 1.30.